The number of hydrogen-bond donors (Lipinski definition) is 0. The zero-order valence-corrected chi connectivity index (χ0v) is 15.2. The number of nitro groups is 1. The molecular weight excluding hydrogens is 340 g/mol. The Bertz CT molecular complexity index is 720. The molecular formula is C18H22N2O6. The average Bonchev–Trinajstić information content (AvgIpc) is 2.92. The summed E-state index contributed by atoms with van der Waals surface area (Å²) in [5.41, 5.74) is -0.163. The normalized spacial score (nSPS) is 17.9. The Balaban J connectivity index is 2.35. The van der Waals surface area contributed by atoms with E-state index in [2.05, 4.69) is 0 Å². The number of benzene rings is 1. The van der Waals surface area contributed by atoms with Gasteiger partial charge in [0.05, 0.1) is 19.1 Å². The lowest BCUT2D eigenvalue weighted by Gasteiger charge is -2.30. The van der Waals surface area contributed by atoms with Crippen molar-refractivity contribution < 1.29 is 24.0 Å². The summed E-state index contributed by atoms with van der Waals surface area (Å²) in [5, 5.41) is 11.2. The molecule has 0 aliphatic carbocycles. The number of rotatable bonds is 5. The quantitative estimate of drug-likeness (QED) is 0.590. The molecule has 0 saturated heterocycles. The third-order valence-electron chi connectivity index (χ3n) is 3.86. The van der Waals surface area contributed by atoms with Gasteiger partial charge in [-0.3, -0.25) is 14.9 Å². The van der Waals surface area contributed by atoms with Gasteiger partial charge in [0, 0.05) is 11.0 Å². The number of amides is 2. The van der Waals surface area contributed by atoms with E-state index in [-0.39, 0.29) is 0 Å². The number of imide groups is 1. The van der Waals surface area contributed by atoms with Crippen molar-refractivity contribution >= 4 is 12.0 Å². The summed E-state index contributed by atoms with van der Waals surface area (Å²) in [6, 6.07) is 5.95. The molecule has 2 rings (SSSR count). The van der Waals surface area contributed by atoms with E-state index in [0.717, 1.165) is 4.90 Å². The average molecular weight is 362 g/mol. The van der Waals surface area contributed by atoms with E-state index >= 15 is 0 Å². The Labute approximate surface area is 151 Å². The van der Waals surface area contributed by atoms with Crippen LogP contribution in [0.15, 0.2) is 36.4 Å². The van der Waals surface area contributed by atoms with Crippen LogP contribution in [0, 0.1) is 10.1 Å². The summed E-state index contributed by atoms with van der Waals surface area (Å²) in [5.74, 6) is -0.645. The molecule has 0 spiro atoms. The Morgan fingerprint density at radius 1 is 1.31 bits per heavy atom. The zero-order chi connectivity index (χ0) is 19.5. The topological polar surface area (TPSA) is 99.0 Å². The van der Waals surface area contributed by atoms with E-state index < -0.39 is 41.0 Å². The number of hydrogen-bond acceptors (Lipinski definition) is 6. The first kappa shape index (κ1) is 19.4. The van der Waals surface area contributed by atoms with Crippen LogP contribution < -0.4 is 4.74 Å². The van der Waals surface area contributed by atoms with E-state index in [9.17, 15) is 19.7 Å². The van der Waals surface area contributed by atoms with Crippen molar-refractivity contribution in [3.05, 3.63) is 52.1 Å². The first-order valence-corrected chi connectivity index (χ1v) is 8.12. The van der Waals surface area contributed by atoms with Crippen LogP contribution in [-0.4, -0.2) is 47.1 Å². The van der Waals surface area contributed by atoms with Crippen LogP contribution >= 0.6 is 0 Å². The number of nitrogens with zero attached hydrogens (tertiary/aromatic N) is 2. The van der Waals surface area contributed by atoms with Gasteiger partial charge in [-0.2, -0.15) is 0 Å². The lowest BCUT2D eigenvalue weighted by atomic mass is 9.91. The number of methoxy groups -OCH3 is 1. The van der Waals surface area contributed by atoms with Gasteiger partial charge in [-0.1, -0.05) is 18.2 Å². The van der Waals surface area contributed by atoms with Crippen LogP contribution in [0.1, 0.15) is 32.3 Å². The van der Waals surface area contributed by atoms with Gasteiger partial charge < -0.3 is 9.47 Å². The molecule has 0 fully saturated rings. The Kier molecular flexibility index (Phi) is 5.64. The second-order valence-corrected chi connectivity index (χ2v) is 6.93. The fourth-order valence-electron chi connectivity index (χ4n) is 2.75. The van der Waals surface area contributed by atoms with Gasteiger partial charge in [-0.05, 0) is 38.5 Å². The zero-order valence-electron chi connectivity index (χ0n) is 15.2. The van der Waals surface area contributed by atoms with Crippen molar-refractivity contribution in [2.24, 2.45) is 0 Å². The van der Waals surface area contributed by atoms with E-state index in [1.807, 2.05) is 0 Å². The summed E-state index contributed by atoms with van der Waals surface area (Å²) in [6.45, 7) is 4.62. The van der Waals surface area contributed by atoms with Gasteiger partial charge >= 0.3 is 6.09 Å². The Morgan fingerprint density at radius 3 is 2.42 bits per heavy atom. The van der Waals surface area contributed by atoms with E-state index in [1.54, 1.807) is 45.0 Å². The van der Waals surface area contributed by atoms with Gasteiger partial charge in [0.1, 0.15) is 11.4 Å². The number of carbonyl (C=O) groups is 2. The van der Waals surface area contributed by atoms with Crippen LogP contribution in [-0.2, 0) is 9.53 Å². The highest BCUT2D eigenvalue weighted by atomic mass is 16.6. The van der Waals surface area contributed by atoms with Crippen molar-refractivity contribution in [1.29, 1.82) is 0 Å². The summed E-state index contributed by atoms with van der Waals surface area (Å²) in [4.78, 5) is 36.3. The van der Waals surface area contributed by atoms with Crippen molar-refractivity contribution in [2.75, 3.05) is 13.7 Å². The third kappa shape index (κ3) is 4.59. The van der Waals surface area contributed by atoms with Crippen molar-refractivity contribution in [1.82, 2.24) is 4.90 Å². The molecule has 0 unspecified atom stereocenters. The molecule has 1 heterocycles. The van der Waals surface area contributed by atoms with Gasteiger partial charge in [-0.25, -0.2) is 9.69 Å². The lowest BCUT2D eigenvalue weighted by Crippen LogP contribution is -2.46. The third-order valence-corrected chi connectivity index (χ3v) is 3.86. The maximum Gasteiger partial charge on any atom is 0.417 e. The minimum absolute atomic E-state index is 0.437. The number of carbonyl (C=O) groups excluding carboxylic acids is 2. The Hall–Kier alpha value is -2.90. The highest BCUT2D eigenvalue weighted by Crippen LogP contribution is 2.31. The highest BCUT2D eigenvalue weighted by molar-refractivity contribution is 6.01. The summed E-state index contributed by atoms with van der Waals surface area (Å²) in [6.07, 6.45) is 1.93. The van der Waals surface area contributed by atoms with Gasteiger partial charge in [0.25, 0.3) is 5.91 Å². The summed E-state index contributed by atoms with van der Waals surface area (Å²) in [7, 11) is 1.52. The second kappa shape index (κ2) is 7.55. The van der Waals surface area contributed by atoms with Crippen molar-refractivity contribution in [3.63, 3.8) is 0 Å². The first-order valence-electron chi connectivity index (χ1n) is 8.12. The van der Waals surface area contributed by atoms with Crippen LogP contribution in [0.2, 0.25) is 0 Å². The van der Waals surface area contributed by atoms with Crippen LogP contribution in [0.3, 0.4) is 0 Å². The molecule has 1 aliphatic heterocycles. The molecule has 2 amide bonds. The lowest BCUT2D eigenvalue weighted by molar-refractivity contribution is -0.484. The molecule has 0 aromatic heterocycles. The van der Waals surface area contributed by atoms with Gasteiger partial charge in [-0.15, -0.1) is 0 Å². The molecule has 0 bridgehead atoms. The first-order chi connectivity index (χ1) is 12.1. The largest absolute Gasteiger partial charge is 0.497 e. The molecule has 8 heteroatoms. The monoisotopic (exact) mass is 362 g/mol. The van der Waals surface area contributed by atoms with Crippen molar-refractivity contribution in [3.8, 4) is 5.75 Å². The fourth-order valence-corrected chi connectivity index (χ4v) is 2.75. The standard InChI is InChI=1S/C18H22N2O6/c1-18(2,3)26-17(22)20-15(9-10-16(20)21)14(11-19(23)24)12-5-7-13(25-4)8-6-12/h5-10,14-15H,11H2,1-4H3/t14-,15+/m1/s1. The van der Waals surface area contributed by atoms with E-state index in [4.69, 9.17) is 9.47 Å². The SMILES string of the molecule is COc1ccc([C@@H](C[N+](=O)[O-])[C@@H]2C=CC(=O)N2C(=O)OC(C)(C)C)cc1. The molecule has 26 heavy (non-hydrogen) atoms. The number of ether oxygens (including phenoxy) is 2. The van der Waals surface area contributed by atoms with Gasteiger partial charge in [0.2, 0.25) is 6.54 Å². The van der Waals surface area contributed by atoms with Crippen LogP contribution in [0.5, 0.6) is 5.75 Å². The molecule has 1 aromatic carbocycles. The fraction of sp³-hybridized carbons (Fsp3) is 0.444. The summed E-state index contributed by atoms with van der Waals surface area (Å²) < 4.78 is 10.4. The summed E-state index contributed by atoms with van der Waals surface area (Å²) >= 11 is 0. The van der Waals surface area contributed by atoms with E-state index in [0.29, 0.717) is 11.3 Å². The van der Waals surface area contributed by atoms with Crippen molar-refractivity contribution in [2.45, 2.75) is 38.3 Å². The Morgan fingerprint density at radius 2 is 1.92 bits per heavy atom. The minimum Gasteiger partial charge on any atom is -0.497 e. The predicted octanol–water partition coefficient (Wildman–Crippen LogP) is 2.76. The molecule has 0 N–H and O–H groups in total. The highest BCUT2D eigenvalue weighted by Gasteiger charge is 2.41. The van der Waals surface area contributed by atoms with Gasteiger partial charge in [0.15, 0.2) is 0 Å². The van der Waals surface area contributed by atoms with Crippen LogP contribution in [0.4, 0.5) is 4.79 Å². The molecule has 2 atom stereocenters. The minimum atomic E-state index is -0.820. The van der Waals surface area contributed by atoms with Crippen LogP contribution in [0.25, 0.3) is 0 Å². The molecule has 1 aliphatic rings. The van der Waals surface area contributed by atoms with E-state index in [1.165, 1.54) is 19.3 Å². The predicted molar refractivity (Wildman–Crippen MR) is 93.6 cm³/mol. The molecule has 0 saturated carbocycles. The molecule has 1 aromatic rings. The second-order valence-electron chi connectivity index (χ2n) is 6.93. The smallest absolute Gasteiger partial charge is 0.417 e. The maximum absolute atomic E-state index is 12.5. The molecule has 0 radical (unpaired) electrons. The maximum atomic E-state index is 12.5. The molecule has 140 valence electrons. The molecule has 8 nitrogen and oxygen atoms in total.